The lowest BCUT2D eigenvalue weighted by Gasteiger charge is -2.35. The molecule has 0 radical (unpaired) electrons. The van der Waals surface area contributed by atoms with Gasteiger partial charge in [-0.15, -0.1) is 0 Å². The fraction of sp³-hybridized carbons (Fsp3) is 0.532. The first kappa shape index (κ1) is 42.8. The number of likely N-dealkylation sites (tertiary alicyclic amines) is 1. The highest BCUT2D eigenvalue weighted by atomic mass is 16.5. The molecule has 0 unspecified atom stereocenters. The maximum Gasteiger partial charge on any atom is 0.407 e. The lowest BCUT2D eigenvalue weighted by atomic mass is 9.75. The number of nitrogens with zero attached hydrogens (tertiary/aromatic N) is 3. The SMILES string of the molecule is COC(=O)N[C@H](C(=O)NCCCCc1ncc(-c2ccc3c(c2)Oc2ccc(-c4cnc([C@@H]5CCCN5C(=O)[C@@H](NC(=O)OC)C5CCCC5)[nH]4)cc2C3(C)C)[nH]1)C1CCCC1. The minimum Gasteiger partial charge on any atom is -0.457 e. The molecule has 0 spiro atoms. The first-order chi connectivity index (χ1) is 30.0. The van der Waals surface area contributed by atoms with E-state index in [4.69, 9.17) is 19.2 Å². The number of unbranched alkanes of at least 4 members (excludes halogenated alkanes) is 1. The van der Waals surface area contributed by atoms with E-state index in [2.05, 4.69) is 69.0 Å². The molecule has 4 aromatic rings. The summed E-state index contributed by atoms with van der Waals surface area (Å²) in [7, 11) is 2.64. The number of ether oxygens (including phenoxy) is 3. The Morgan fingerprint density at radius 3 is 2.15 bits per heavy atom. The second kappa shape index (κ2) is 18.6. The Labute approximate surface area is 362 Å². The van der Waals surface area contributed by atoms with Gasteiger partial charge in [-0.3, -0.25) is 9.59 Å². The number of aryl methyl sites for hydroxylation is 1. The van der Waals surface area contributed by atoms with Crippen molar-refractivity contribution in [1.29, 1.82) is 0 Å². The average molecular weight is 849 g/mol. The number of nitrogens with one attached hydrogen (secondary N) is 5. The molecular formula is C47H60N8O7. The van der Waals surface area contributed by atoms with Gasteiger partial charge >= 0.3 is 12.2 Å². The summed E-state index contributed by atoms with van der Waals surface area (Å²) in [5, 5.41) is 8.60. The smallest absolute Gasteiger partial charge is 0.407 e. The number of carbonyl (C=O) groups excluding carboxylic acids is 4. The third-order valence-electron chi connectivity index (χ3n) is 13.6. The lowest BCUT2D eigenvalue weighted by Crippen LogP contribution is -2.51. The number of benzene rings is 2. The third kappa shape index (κ3) is 9.03. The molecule has 330 valence electrons. The topological polar surface area (TPSA) is 193 Å². The molecule has 2 saturated carbocycles. The van der Waals surface area contributed by atoms with Crippen molar-refractivity contribution in [3.8, 4) is 34.0 Å². The van der Waals surface area contributed by atoms with Crippen LogP contribution in [0.4, 0.5) is 9.59 Å². The average Bonchev–Trinajstić information content (AvgIpc) is 4.14. The zero-order valence-electron chi connectivity index (χ0n) is 36.3. The molecule has 15 heteroatoms. The number of methoxy groups -OCH3 is 2. The van der Waals surface area contributed by atoms with Gasteiger partial charge in [0.15, 0.2) is 0 Å². The maximum atomic E-state index is 14.0. The van der Waals surface area contributed by atoms with Crippen LogP contribution in [0.15, 0.2) is 48.8 Å². The Hall–Kier alpha value is -5.86. The number of alkyl carbamates (subject to hydrolysis) is 2. The zero-order valence-corrected chi connectivity index (χ0v) is 36.3. The molecule has 2 aliphatic heterocycles. The molecule has 15 nitrogen and oxygen atoms in total. The summed E-state index contributed by atoms with van der Waals surface area (Å²) in [4.78, 5) is 69.5. The van der Waals surface area contributed by atoms with Gasteiger partial charge in [0.05, 0.1) is 44.0 Å². The molecule has 2 aromatic carbocycles. The van der Waals surface area contributed by atoms with Crippen LogP contribution in [0.25, 0.3) is 22.5 Å². The molecule has 4 heterocycles. The fourth-order valence-corrected chi connectivity index (χ4v) is 10.1. The van der Waals surface area contributed by atoms with Gasteiger partial charge in [-0.2, -0.15) is 0 Å². The molecular weight excluding hydrogens is 789 g/mol. The molecule has 2 aliphatic carbocycles. The van der Waals surface area contributed by atoms with Crippen LogP contribution >= 0.6 is 0 Å². The van der Waals surface area contributed by atoms with Crippen LogP contribution in [-0.4, -0.2) is 88.2 Å². The standard InChI is InChI=1S/C47H60N8O7/c1-47(2)32-20-18-31(34-26-49-39(51-34)17-9-10-22-48-43(56)40(53-45(58)60-3)28-12-5-6-13-28)25-38(32)62-37-21-19-30(24-33(37)47)35-27-50-42(52-35)36-16-11-23-55(36)44(57)41(54-46(59)61-4)29-14-7-8-15-29/h18-21,24-29,36,40-41H,5-17,22-23H2,1-4H3,(H,48,56)(H,49,51)(H,50,52)(H,53,58)(H,54,59)/t36-,40-,41-/m0/s1. The number of H-pyrrole nitrogens is 2. The molecule has 3 fully saturated rings. The summed E-state index contributed by atoms with van der Waals surface area (Å²) in [6, 6.07) is 11.1. The Morgan fingerprint density at radius 2 is 1.42 bits per heavy atom. The van der Waals surface area contributed by atoms with Gasteiger partial charge < -0.3 is 45.0 Å². The molecule has 2 aromatic heterocycles. The Morgan fingerprint density at radius 1 is 0.774 bits per heavy atom. The van der Waals surface area contributed by atoms with Crippen LogP contribution in [0.1, 0.15) is 120 Å². The van der Waals surface area contributed by atoms with E-state index in [1.807, 2.05) is 29.4 Å². The number of fused-ring (bicyclic) bond motifs is 2. The van der Waals surface area contributed by atoms with E-state index in [9.17, 15) is 19.2 Å². The minimum atomic E-state index is -0.608. The van der Waals surface area contributed by atoms with Gasteiger partial charge in [-0.1, -0.05) is 51.7 Å². The van der Waals surface area contributed by atoms with Gasteiger partial charge in [-0.25, -0.2) is 19.6 Å². The Balaban J connectivity index is 0.889. The molecule has 4 aliphatic rings. The van der Waals surface area contributed by atoms with Crippen molar-refractivity contribution in [1.82, 2.24) is 40.8 Å². The van der Waals surface area contributed by atoms with Crippen LogP contribution in [0.5, 0.6) is 11.5 Å². The number of hydrogen-bond acceptors (Lipinski definition) is 9. The van der Waals surface area contributed by atoms with Crippen LogP contribution in [0.2, 0.25) is 0 Å². The lowest BCUT2D eigenvalue weighted by molar-refractivity contribution is -0.135. The Bertz CT molecular complexity index is 2250. The second-order valence-electron chi connectivity index (χ2n) is 17.8. The van der Waals surface area contributed by atoms with E-state index in [1.165, 1.54) is 14.2 Å². The number of hydrogen-bond donors (Lipinski definition) is 5. The van der Waals surface area contributed by atoms with E-state index in [1.54, 1.807) is 0 Å². The second-order valence-corrected chi connectivity index (χ2v) is 17.8. The molecule has 8 rings (SSSR count). The van der Waals surface area contributed by atoms with Gasteiger partial charge in [0.1, 0.15) is 35.2 Å². The highest BCUT2D eigenvalue weighted by molar-refractivity contribution is 5.87. The van der Waals surface area contributed by atoms with Crippen LogP contribution in [-0.2, 0) is 30.9 Å². The van der Waals surface area contributed by atoms with Crippen molar-refractivity contribution in [3.05, 3.63) is 71.6 Å². The van der Waals surface area contributed by atoms with Crippen molar-refractivity contribution in [2.24, 2.45) is 11.8 Å². The summed E-state index contributed by atoms with van der Waals surface area (Å²) >= 11 is 0. The summed E-state index contributed by atoms with van der Waals surface area (Å²) < 4.78 is 16.2. The molecule has 0 bridgehead atoms. The van der Waals surface area contributed by atoms with Gasteiger partial charge in [-0.05, 0) is 87.5 Å². The summed E-state index contributed by atoms with van der Waals surface area (Å²) in [5.41, 5.74) is 5.48. The summed E-state index contributed by atoms with van der Waals surface area (Å²) in [6.07, 6.45) is 14.4. The van der Waals surface area contributed by atoms with Crippen LogP contribution in [0.3, 0.4) is 0 Å². The fourth-order valence-electron chi connectivity index (χ4n) is 10.1. The van der Waals surface area contributed by atoms with E-state index < -0.39 is 24.3 Å². The van der Waals surface area contributed by atoms with Gasteiger partial charge in [0.2, 0.25) is 11.8 Å². The molecule has 5 N–H and O–H groups in total. The molecule has 4 amide bonds. The monoisotopic (exact) mass is 848 g/mol. The Kier molecular flexibility index (Phi) is 12.9. The van der Waals surface area contributed by atoms with Crippen molar-refractivity contribution in [2.45, 2.75) is 121 Å². The van der Waals surface area contributed by atoms with E-state index in [-0.39, 0.29) is 35.1 Å². The van der Waals surface area contributed by atoms with Crippen LogP contribution in [0, 0.1) is 11.8 Å². The van der Waals surface area contributed by atoms with E-state index in [0.717, 1.165) is 140 Å². The van der Waals surface area contributed by atoms with Crippen molar-refractivity contribution in [2.75, 3.05) is 27.3 Å². The normalized spacial score (nSPS) is 19.2. The van der Waals surface area contributed by atoms with Crippen molar-refractivity contribution >= 4 is 24.0 Å². The highest BCUT2D eigenvalue weighted by Crippen LogP contribution is 2.50. The molecule has 3 atom stereocenters. The van der Waals surface area contributed by atoms with Crippen LogP contribution < -0.4 is 20.7 Å². The number of amides is 4. The predicted molar refractivity (Wildman–Crippen MR) is 232 cm³/mol. The number of aromatic nitrogens is 4. The molecule has 1 saturated heterocycles. The largest absolute Gasteiger partial charge is 0.457 e. The predicted octanol–water partition coefficient (Wildman–Crippen LogP) is 7.83. The van der Waals surface area contributed by atoms with E-state index in [0.29, 0.717) is 13.1 Å². The van der Waals surface area contributed by atoms with E-state index >= 15 is 0 Å². The van der Waals surface area contributed by atoms with Crippen molar-refractivity contribution < 1.29 is 33.4 Å². The number of rotatable bonds is 14. The highest BCUT2D eigenvalue weighted by Gasteiger charge is 2.41. The van der Waals surface area contributed by atoms with Gasteiger partial charge in [0, 0.05) is 47.2 Å². The first-order valence-electron chi connectivity index (χ1n) is 22.4. The quantitative estimate of drug-likeness (QED) is 0.0787. The number of aromatic amines is 2. The minimum absolute atomic E-state index is 0.0687. The first-order valence-corrected chi connectivity index (χ1v) is 22.4. The van der Waals surface area contributed by atoms with Gasteiger partial charge in [0.25, 0.3) is 0 Å². The number of carbonyl (C=O) groups is 4. The number of imidazole rings is 2. The summed E-state index contributed by atoms with van der Waals surface area (Å²) in [6.45, 7) is 5.55. The molecule has 62 heavy (non-hydrogen) atoms. The maximum absolute atomic E-state index is 14.0. The zero-order chi connectivity index (χ0) is 43.4. The third-order valence-corrected chi connectivity index (χ3v) is 13.6. The van der Waals surface area contributed by atoms with Crippen molar-refractivity contribution in [3.63, 3.8) is 0 Å². The summed E-state index contributed by atoms with van der Waals surface area (Å²) in [5.74, 6) is 3.21.